The topological polar surface area (TPSA) is 170 Å². The molecule has 2 aromatic rings. The molecule has 0 spiro atoms. The number of aromatic nitrogens is 4. The lowest BCUT2D eigenvalue weighted by molar-refractivity contribution is -0.203. The number of H-pyrrole nitrogens is 1. The number of ketones is 1. The molecule has 5 atom stereocenters. The van der Waals surface area contributed by atoms with Gasteiger partial charge in [0.2, 0.25) is 5.95 Å². The Hall–Kier alpha value is -3.29. The number of allylic oxidation sites excluding steroid dienone is 1. The van der Waals surface area contributed by atoms with Gasteiger partial charge in [-0.05, 0) is 19.8 Å². The molecule has 208 valence electrons. The van der Waals surface area contributed by atoms with Gasteiger partial charge in [0.05, 0.1) is 5.92 Å². The number of hydrogen-bond donors (Lipinski definition) is 2. The van der Waals surface area contributed by atoms with Crippen LogP contribution in [-0.4, -0.2) is 61.6 Å². The highest BCUT2D eigenvalue weighted by Crippen LogP contribution is 2.43. The summed E-state index contributed by atoms with van der Waals surface area (Å²) in [6.07, 6.45) is -1.41. The van der Waals surface area contributed by atoms with Gasteiger partial charge in [0, 0.05) is 19.4 Å². The van der Waals surface area contributed by atoms with Gasteiger partial charge in [0.15, 0.2) is 23.2 Å². The predicted molar refractivity (Wildman–Crippen MR) is 136 cm³/mol. The number of fused-ring (bicyclic) bond motifs is 2. The summed E-state index contributed by atoms with van der Waals surface area (Å²) in [4.78, 5) is 57.7. The smallest absolute Gasteiger partial charge is 0.333 e. The van der Waals surface area contributed by atoms with E-state index >= 15 is 0 Å². The van der Waals surface area contributed by atoms with Crippen molar-refractivity contribution < 1.29 is 28.5 Å². The Bertz CT molecular complexity index is 1360. The summed E-state index contributed by atoms with van der Waals surface area (Å²) >= 11 is 0. The number of esters is 1. The van der Waals surface area contributed by atoms with Gasteiger partial charge < -0.3 is 24.7 Å². The first-order valence-corrected chi connectivity index (χ1v) is 12.7. The summed E-state index contributed by atoms with van der Waals surface area (Å²) in [7, 11) is 0. The molecule has 3 N–H and O–H groups in total. The number of aromatic amines is 1. The van der Waals surface area contributed by atoms with Gasteiger partial charge >= 0.3 is 11.7 Å². The average molecular weight is 534 g/mol. The summed E-state index contributed by atoms with van der Waals surface area (Å²) in [6.45, 7) is 12.4. The number of carbonyl (C=O) groups excluding carboxylic acids is 2. The maximum Gasteiger partial charge on any atom is 0.333 e. The maximum absolute atomic E-state index is 13.5. The van der Waals surface area contributed by atoms with Crippen molar-refractivity contribution in [2.24, 2.45) is 11.8 Å². The number of hydrogen-bond acceptors (Lipinski definition) is 10. The molecular formula is C25H35N5O8. The van der Waals surface area contributed by atoms with Crippen LogP contribution in [0.5, 0.6) is 0 Å². The van der Waals surface area contributed by atoms with Crippen LogP contribution in [0.2, 0.25) is 0 Å². The van der Waals surface area contributed by atoms with Gasteiger partial charge in [0.1, 0.15) is 30.7 Å². The summed E-state index contributed by atoms with van der Waals surface area (Å²) in [5, 5.41) is 0. The predicted octanol–water partition coefficient (Wildman–Crippen LogP) is 1.26. The number of nitrogens with zero attached hydrogens (tertiary/aromatic N) is 3. The SMILES string of the molecule is C=CCn1c(=O)n([C@@H]2O[C@H](COC(=O)[C@@H](CC(=O)CC)C(C)C)[C@H]3OC(C)(C)OC23)c2nc(N)[nH]c(=O)c21. The van der Waals surface area contributed by atoms with Gasteiger partial charge in [-0.2, -0.15) is 4.98 Å². The van der Waals surface area contributed by atoms with Gasteiger partial charge in [-0.25, -0.2) is 9.36 Å². The fraction of sp³-hybridized carbons (Fsp3) is 0.640. The quantitative estimate of drug-likeness (QED) is 0.335. The van der Waals surface area contributed by atoms with Crippen molar-refractivity contribution in [3.63, 3.8) is 0 Å². The van der Waals surface area contributed by atoms with Crippen LogP contribution >= 0.6 is 0 Å². The van der Waals surface area contributed by atoms with Crippen LogP contribution in [-0.2, 0) is 35.1 Å². The first kappa shape index (κ1) is 27.7. The van der Waals surface area contributed by atoms with Gasteiger partial charge in [-0.1, -0.05) is 26.8 Å². The molecule has 2 aliphatic heterocycles. The van der Waals surface area contributed by atoms with Crippen LogP contribution in [0.4, 0.5) is 5.95 Å². The van der Waals surface area contributed by atoms with E-state index < -0.39 is 53.5 Å². The van der Waals surface area contributed by atoms with Gasteiger partial charge in [-0.15, -0.1) is 6.58 Å². The molecule has 0 aromatic carbocycles. The van der Waals surface area contributed by atoms with E-state index in [2.05, 4.69) is 16.5 Å². The molecule has 0 bridgehead atoms. The molecule has 2 aromatic heterocycles. The molecule has 1 unspecified atom stereocenters. The van der Waals surface area contributed by atoms with Crippen LogP contribution < -0.4 is 17.0 Å². The van der Waals surface area contributed by atoms with Crippen LogP contribution in [0, 0.1) is 11.8 Å². The molecule has 0 saturated carbocycles. The first-order chi connectivity index (χ1) is 17.9. The van der Waals surface area contributed by atoms with Crippen molar-refractivity contribution in [2.45, 2.75) is 84.3 Å². The fourth-order valence-electron chi connectivity index (χ4n) is 4.98. The summed E-state index contributed by atoms with van der Waals surface area (Å²) in [5.74, 6) is -2.41. The molecular weight excluding hydrogens is 498 g/mol. The van der Waals surface area contributed by atoms with Gasteiger partial charge in [-0.3, -0.25) is 23.9 Å². The first-order valence-electron chi connectivity index (χ1n) is 12.7. The monoisotopic (exact) mass is 533 g/mol. The average Bonchev–Trinajstić information content (AvgIpc) is 3.42. The summed E-state index contributed by atoms with van der Waals surface area (Å²) < 4.78 is 26.4. The number of nitrogens with two attached hydrogens (primary N) is 1. The maximum atomic E-state index is 13.5. The molecule has 0 aliphatic carbocycles. The van der Waals surface area contributed by atoms with Gasteiger partial charge in [0.25, 0.3) is 5.56 Å². The molecule has 0 amide bonds. The number of ether oxygens (including phenoxy) is 4. The van der Waals surface area contributed by atoms with Crippen LogP contribution in [0.15, 0.2) is 22.2 Å². The number of Topliss-reactive ketones (excluding diaryl/α,β-unsaturated/α-hetero) is 1. The summed E-state index contributed by atoms with van der Waals surface area (Å²) in [6, 6.07) is 0. The second-order valence-electron chi connectivity index (χ2n) is 10.4. The normalized spacial score (nSPS) is 25.0. The Morgan fingerprint density at radius 3 is 2.58 bits per heavy atom. The number of nitrogen functional groups attached to an aromatic ring is 1. The zero-order valence-corrected chi connectivity index (χ0v) is 22.3. The van der Waals surface area contributed by atoms with Crippen LogP contribution in [0.3, 0.4) is 0 Å². The Kier molecular flexibility index (Phi) is 7.64. The van der Waals surface area contributed by atoms with E-state index in [-0.39, 0.29) is 48.4 Å². The van der Waals surface area contributed by atoms with Crippen molar-refractivity contribution in [1.82, 2.24) is 19.1 Å². The molecule has 13 nitrogen and oxygen atoms in total. The standard InChI is InChI=1S/C25H35N5O8/c1-7-9-29-16-19(27-23(26)28-20(16)32)30(24(29)34)21-18-17(37-25(5,6)38-18)15(36-21)11-35-22(33)14(12(3)4)10-13(31)8-2/h7,12,14-15,17-18,21H,1,8-11H2,2-6H3,(H3,26,27,28,32)/t14-,15+,17+,18?,21+/m0/s1. The van der Waals surface area contributed by atoms with Crippen LogP contribution in [0.25, 0.3) is 11.2 Å². The largest absolute Gasteiger partial charge is 0.463 e. The van der Waals surface area contributed by atoms with E-state index in [1.807, 2.05) is 13.8 Å². The minimum Gasteiger partial charge on any atom is -0.463 e. The lowest BCUT2D eigenvalue weighted by atomic mass is 9.90. The van der Waals surface area contributed by atoms with Crippen molar-refractivity contribution >= 4 is 28.9 Å². The van der Waals surface area contributed by atoms with Crippen LogP contribution in [0.1, 0.15) is 53.7 Å². The molecule has 4 rings (SSSR count). The van der Waals surface area contributed by atoms with E-state index in [9.17, 15) is 19.2 Å². The van der Waals surface area contributed by atoms with Crippen molar-refractivity contribution in [2.75, 3.05) is 12.3 Å². The molecule has 0 radical (unpaired) electrons. The zero-order chi connectivity index (χ0) is 27.9. The van der Waals surface area contributed by atoms with E-state index in [0.717, 1.165) is 0 Å². The summed E-state index contributed by atoms with van der Waals surface area (Å²) in [5.41, 5.74) is 4.66. The molecule has 38 heavy (non-hydrogen) atoms. The number of rotatable bonds is 10. The number of carbonyl (C=O) groups is 2. The van der Waals surface area contributed by atoms with E-state index in [1.165, 1.54) is 15.2 Å². The zero-order valence-electron chi connectivity index (χ0n) is 22.3. The highest BCUT2D eigenvalue weighted by Gasteiger charge is 2.57. The Balaban J connectivity index is 1.67. The number of imidazole rings is 1. The van der Waals surface area contributed by atoms with Crippen molar-refractivity contribution in [3.8, 4) is 0 Å². The third-order valence-electron chi connectivity index (χ3n) is 6.86. The highest BCUT2D eigenvalue weighted by atomic mass is 16.8. The Morgan fingerprint density at radius 2 is 1.95 bits per heavy atom. The minimum atomic E-state index is -1.05. The van der Waals surface area contributed by atoms with Crippen molar-refractivity contribution in [1.29, 1.82) is 0 Å². The molecule has 2 fully saturated rings. The third kappa shape index (κ3) is 5.05. The van der Waals surface area contributed by atoms with E-state index in [0.29, 0.717) is 6.42 Å². The second-order valence-corrected chi connectivity index (χ2v) is 10.4. The minimum absolute atomic E-state index is 0.0117. The lowest BCUT2D eigenvalue weighted by Gasteiger charge is -2.25. The van der Waals surface area contributed by atoms with E-state index in [1.54, 1.807) is 20.8 Å². The Morgan fingerprint density at radius 1 is 1.26 bits per heavy atom. The van der Waals surface area contributed by atoms with E-state index in [4.69, 9.17) is 24.7 Å². The molecule has 4 heterocycles. The Labute approximate surface area is 218 Å². The lowest BCUT2D eigenvalue weighted by Crippen LogP contribution is -2.35. The van der Waals surface area contributed by atoms with Crippen molar-refractivity contribution in [3.05, 3.63) is 33.5 Å². The third-order valence-corrected chi connectivity index (χ3v) is 6.86. The fourth-order valence-corrected chi connectivity index (χ4v) is 4.98. The number of nitrogens with one attached hydrogen (secondary N) is 1. The molecule has 13 heteroatoms. The molecule has 2 aliphatic rings. The second kappa shape index (κ2) is 10.5. The molecule has 2 saturated heterocycles. The highest BCUT2D eigenvalue weighted by molar-refractivity contribution is 5.84. The number of anilines is 1.